The zero-order valence-corrected chi connectivity index (χ0v) is 9.32. The van der Waals surface area contributed by atoms with Crippen LogP contribution >= 0.6 is 23.4 Å². The molecule has 0 aromatic carbocycles. The molecule has 0 bridgehead atoms. The number of aromatic nitrogens is 3. The van der Waals surface area contributed by atoms with Crippen molar-refractivity contribution in [3.63, 3.8) is 0 Å². The predicted octanol–water partition coefficient (Wildman–Crippen LogP) is 2.14. The average molecular weight is 218 g/mol. The van der Waals surface area contributed by atoms with E-state index in [1.807, 2.05) is 23.3 Å². The van der Waals surface area contributed by atoms with Gasteiger partial charge in [0.2, 0.25) is 5.28 Å². The second-order valence-electron chi connectivity index (χ2n) is 3.49. The Morgan fingerprint density at radius 1 is 1.54 bits per heavy atom. The zero-order chi connectivity index (χ0) is 9.47. The molecule has 5 heteroatoms. The van der Waals surface area contributed by atoms with Gasteiger partial charge >= 0.3 is 0 Å². The van der Waals surface area contributed by atoms with Gasteiger partial charge in [-0.15, -0.1) is 10.2 Å². The smallest absolute Gasteiger partial charge is 0.225 e. The minimum absolute atomic E-state index is 0.413. The standard InChI is InChI=1S/C8H12ClN3S/c1-6-10-11-7(9)12(6)5-8(13-2)3-4-8/h3-5H2,1-2H3. The summed E-state index contributed by atoms with van der Waals surface area (Å²) in [5.74, 6) is 0.908. The molecule has 3 nitrogen and oxygen atoms in total. The molecule has 13 heavy (non-hydrogen) atoms. The van der Waals surface area contributed by atoms with Crippen molar-refractivity contribution in [3.8, 4) is 0 Å². The molecule has 1 fully saturated rings. The number of rotatable bonds is 3. The molecule has 1 aliphatic rings. The van der Waals surface area contributed by atoms with Crippen molar-refractivity contribution in [2.45, 2.75) is 31.1 Å². The van der Waals surface area contributed by atoms with Crippen LogP contribution in [0.15, 0.2) is 0 Å². The zero-order valence-electron chi connectivity index (χ0n) is 7.75. The largest absolute Gasteiger partial charge is 0.301 e. The Labute approximate surface area is 86.9 Å². The Morgan fingerprint density at radius 2 is 2.23 bits per heavy atom. The van der Waals surface area contributed by atoms with Gasteiger partial charge in [0.05, 0.1) is 0 Å². The SMILES string of the molecule is CSC1(Cn2c(C)nnc2Cl)CC1. The lowest BCUT2D eigenvalue weighted by Crippen LogP contribution is -2.14. The molecule has 1 aromatic rings. The molecule has 0 unspecified atom stereocenters. The summed E-state index contributed by atoms with van der Waals surface area (Å²) in [5, 5.41) is 8.28. The Balaban J connectivity index is 2.17. The highest BCUT2D eigenvalue weighted by molar-refractivity contribution is 8.00. The van der Waals surface area contributed by atoms with E-state index in [0.29, 0.717) is 10.0 Å². The van der Waals surface area contributed by atoms with E-state index in [2.05, 4.69) is 16.5 Å². The summed E-state index contributed by atoms with van der Waals surface area (Å²) in [4.78, 5) is 0. The Bertz CT molecular complexity index is 300. The number of nitrogens with zero attached hydrogens (tertiary/aromatic N) is 3. The third-order valence-electron chi connectivity index (χ3n) is 2.58. The fourth-order valence-electron chi connectivity index (χ4n) is 1.39. The fourth-order valence-corrected chi connectivity index (χ4v) is 2.38. The molecular formula is C8H12ClN3S. The van der Waals surface area contributed by atoms with Gasteiger partial charge in [0.15, 0.2) is 0 Å². The normalized spacial score (nSPS) is 19.0. The van der Waals surface area contributed by atoms with Crippen molar-refractivity contribution in [2.75, 3.05) is 6.26 Å². The van der Waals surface area contributed by atoms with Crippen molar-refractivity contribution < 1.29 is 0 Å². The summed E-state index contributed by atoms with van der Waals surface area (Å²) >= 11 is 7.83. The molecule has 72 valence electrons. The summed E-state index contributed by atoms with van der Waals surface area (Å²) < 4.78 is 2.40. The van der Waals surface area contributed by atoms with Crippen molar-refractivity contribution in [1.82, 2.24) is 14.8 Å². The maximum atomic E-state index is 5.92. The molecule has 1 heterocycles. The fraction of sp³-hybridized carbons (Fsp3) is 0.750. The van der Waals surface area contributed by atoms with Crippen LogP contribution in [0.25, 0.3) is 0 Å². The van der Waals surface area contributed by atoms with E-state index < -0.39 is 0 Å². The van der Waals surface area contributed by atoms with Gasteiger partial charge in [-0.05, 0) is 37.6 Å². The van der Waals surface area contributed by atoms with E-state index in [1.54, 1.807) is 0 Å². The molecular weight excluding hydrogens is 206 g/mol. The first-order valence-electron chi connectivity index (χ1n) is 4.27. The summed E-state index contributed by atoms with van der Waals surface area (Å²) in [7, 11) is 0. The number of aryl methyl sites for hydroxylation is 1. The molecule has 0 amide bonds. The first-order chi connectivity index (χ1) is 6.17. The Morgan fingerprint density at radius 3 is 2.62 bits per heavy atom. The maximum absolute atomic E-state index is 5.92. The average Bonchev–Trinajstić information content (AvgIpc) is 2.84. The van der Waals surface area contributed by atoms with Crippen molar-refractivity contribution in [1.29, 1.82) is 0 Å². The third kappa shape index (κ3) is 1.70. The van der Waals surface area contributed by atoms with Gasteiger partial charge in [-0.3, -0.25) is 0 Å². The van der Waals surface area contributed by atoms with Crippen LogP contribution in [0.2, 0.25) is 5.28 Å². The van der Waals surface area contributed by atoms with E-state index in [-0.39, 0.29) is 0 Å². The molecule has 0 saturated heterocycles. The van der Waals surface area contributed by atoms with Gasteiger partial charge < -0.3 is 4.57 Å². The predicted molar refractivity (Wildman–Crippen MR) is 55.2 cm³/mol. The quantitative estimate of drug-likeness (QED) is 0.777. The summed E-state index contributed by atoms with van der Waals surface area (Å²) in [6.45, 7) is 2.89. The van der Waals surface area contributed by atoms with Gasteiger partial charge in [0, 0.05) is 11.3 Å². The molecule has 0 spiro atoms. The van der Waals surface area contributed by atoms with E-state index in [9.17, 15) is 0 Å². The van der Waals surface area contributed by atoms with Gasteiger partial charge in [0.25, 0.3) is 0 Å². The first-order valence-corrected chi connectivity index (χ1v) is 5.88. The van der Waals surface area contributed by atoms with Crippen molar-refractivity contribution in [3.05, 3.63) is 11.1 Å². The second-order valence-corrected chi connectivity index (χ2v) is 5.10. The number of halogens is 1. The first kappa shape index (κ1) is 9.34. The van der Waals surface area contributed by atoms with Gasteiger partial charge in [0.1, 0.15) is 5.82 Å². The van der Waals surface area contributed by atoms with Crippen LogP contribution in [0.1, 0.15) is 18.7 Å². The van der Waals surface area contributed by atoms with Crippen molar-refractivity contribution >= 4 is 23.4 Å². The lowest BCUT2D eigenvalue weighted by molar-refractivity contribution is 0.641. The maximum Gasteiger partial charge on any atom is 0.225 e. The minimum atomic E-state index is 0.413. The van der Waals surface area contributed by atoms with E-state index >= 15 is 0 Å². The van der Waals surface area contributed by atoms with Gasteiger partial charge in [-0.25, -0.2) is 0 Å². The summed E-state index contributed by atoms with van der Waals surface area (Å²) in [6, 6.07) is 0. The molecule has 1 aliphatic carbocycles. The minimum Gasteiger partial charge on any atom is -0.301 e. The van der Waals surface area contributed by atoms with Crippen molar-refractivity contribution in [2.24, 2.45) is 0 Å². The molecule has 2 rings (SSSR count). The second kappa shape index (κ2) is 3.17. The van der Waals surface area contributed by atoms with Crippen LogP contribution in [0.4, 0.5) is 0 Å². The van der Waals surface area contributed by atoms with E-state index in [1.165, 1.54) is 12.8 Å². The highest BCUT2D eigenvalue weighted by atomic mass is 35.5. The molecule has 0 N–H and O–H groups in total. The van der Waals surface area contributed by atoms with E-state index in [0.717, 1.165) is 12.4 Å². The van der Waals surface area contributed by atoms with Gasteiger partial charge in [-0.2, -0.15) is 11.8 Å². The van der Waals surface area contributed by atoms with Crippen LogP contribution < -0.4 is 0 Å². The van der Waals surface area contributed by atoms with Gasteiger partial charge in [-0.1, -0.05) is 0 Å². The van der Waals surface area contributed by atoms with Crippen LogP contribution in [-0.4, -0.2) is 25.8 Å². The Kier molecular flexibility index (Phi) is 2.28. The molecule has 1 saturated carbocycles. The Hall–Kier alpha value is -0.220. The molecule has 0 radical (unpaired) electrons. The summed E-state index contributed by atoms with van der Waals surface area (Å²) in [6.07, 6.45) is 4.71. The van der Waals surface area contributed by atoms with Crippen LogP contribution in [0.3, 0.4) is 0 Å². The number of hydrogen-bond donors (Lipinski definition) is 0. The number of thioether (sulfide) groups is 1. The summed E-state index contributed by atoms with van der Waals surface area (Å²) in [5.41, 5.74) is 0. The molecule has 0 atom stereocenters. The van der Waals surface area contributed by atoms with Crippen LogP contribution in [0, 0.1) is 6.92 Å². The van der Waals surface area contributed by atoms with E-state index in [4.69, 9.17) is 11.6 Å². The molecule has 0 aliphatic heterocycles. The highest BCUT2D eigenvalue weighted by Gasteiger charge is 2.42. The monoisotopic (exact) mass is 217 g/mol. The lowest BCUT2D eigenvalue weighted by Gasteiger charge is -2.13. The number of hydrogen-bond acceptors (Lipinski definition) is 3. The highest BCUT2D eigenvalue weighted by Crippen LogP contribution is 2.48. The molecule has 1 aromatic heterocycles. The lowest BCUT2D eigenvalue weighted by atomic mass is 10.4. The van der Waals surface area contributed by atoms with Crippen LogP contribution in [0.5, 0.6) is 0 Å². The third-order valence-corrected chi connectivity index (χ3v) is 4.26. The van der Waals surface area contributed by atoms with Crippen LogP contribution in [-0.2, 0) is 6.54 Å². The topological polar surface area (TPSA) is 30.7 Å².